The normalized spacial score (nSPS) is 18.4. The molecule has 0 saturated carbocycles. The van der Waals surface area contributed by atoms with Gasteiger partial charge in [-0.3, -0.25) is 10.3 Å². The van der Waals surface area contributed by atoms with Gasteiger partial charge in [0.1, 0.15) is 18.2 Å². The van der Waals surface area contributed by atoms with Gasteiger partial charge in [-0.05, 0) is 30.2 Å². The van der Waals surface area contributed by atoms with E-state index in [2.05, 4.69) is 40.5 Å². The second-order valence-corrected chi connectivity index (χ2v) is 9.46. The fourth-order valence-electron chi connectivity index (χ4n) is 5.19. The Labute approximate surface area is 231 Å². The summed E-state index contributed by atoms with van der Waals surface area (Å²) >= 11 is 0. The number of nitrogens with zero attached hydrogens (tertiary/aromatic N) is 6. The lowest BCUT2D eigenvalue weighted by Gasteiger charge is -2.37. The van der Waals surface area contributed by atoms with Crippen molar-refractivity contribution < 1.29 is 18.1 Å². The van der Waals surface area contributed by atoms with Gasteiger partial charge < -0.3 is 23.6 Å². The first kappa shape index (κ1) is 26.3. The van der Waals surface area contributed by atoms with Crippen LogP contribution in [0.5, 0.6) is 0 Å². The van der Waals surface area contributed by atoms with Crippen LogP contribution in [-0.2, 0) is 30.4 Å². The number of rotatable bonds is 6. The van der Waals surface area contributed by atoms with Gasteiger partial charge >= 0.3 is 5.76 Å². The number of aromatic nitrogens is 8. The summed E-state index contributed by atoms with van der Waals surface area (Å²) in [6.07, 6.45) is 3.29. The van der Waals surface area contributed by atoms with Crippen molar-refractivity contribution in [2.24, 2.45) is 7.05 Å². The number of imidazole rings is 1. The molecule has 0 spiro atoms. The van der Waals surface area contributed by atoms with E-state index in [1.54, 1.807) is 12.3 Å². The molecule has 0 radical (unpaired) electrons. The molecule has 5 aromatic heterocycles. The molecule has 6 heterocycles. The van der Waals surface area contributed by atoms with Crippen LogP contribution in [0.1, 0.15) is 48.2 Å². The van der Waals surface area contributed by atoms with E-state index in [1.807, 2.05) is 24.3 Å². The van der Waals surface area contributed by atoms with E-state index in [0.717, 1.165) is 27.3 Å². The van der Waals surface area contributed by atoms with Crippen molar-refractivity contribution in [3.8, 4) is 11.4 Å². The van der Waals surface area contributed by atoms with Crippen LogP contribution in [0.3, 0.4) is 0 Å². The summed E-state index contributed by atoms with van der Waals surface area (Å²) < 4.78 is 30.9. The largest absolute Gasteiger partial charge is 0.436 e. The van der Waals surface area contributed by atoms with Crippen molar-refractivity contribution in [1.82, 2.24) is 45.2 Å². The zero-order chi connectivity index (χ0) is 27.4. The van der Waals surface area contributed by atoms with Crippen molar-refractivity contribution in [3.05, 3.63) is 99.8 Å². The van der Waals surface area contributed by atoms with E-state index in [1.165, 1.54) is 20.2 Å². The lowest BCUT2D eigenvalue weighted by molar-refractivity contribution is 0.151. The van der Waals surface area contributed by atoms with Crippen LogP contribution in [0.15, 0.2) is 62.5 Å². The maximum atomic E-state index is 13.5. The number of para-hydroxylation sites is 1. The lowest BCUT2D eigenvalue weighted by Crippen LogP contribution is -2.52. The summed E-state index contributed by atoms with van der Waals surface area (Å²) in [4.78, 5) is 32.7. The van der Waals surface area contributed by atoms with Gasteiger partial charge in [-0.1, -0.05) is 30.8 Å². The number of fused-ring (bicyclic) bond motifs is 3. The van der Waals surface area contributed by atoms with Crippen LogP contribution in [0.4, 0.5) is 4.39 Å². The van der Waals surface area contributed by atoms with Crippen molar-refractivity contribution in [2.45, 2.75) is 32.0 Å². The van der Waals surface area contributed by atoms with Gasteiger partial charge in [-0.2, -0.15) is 9.67 Å². The molecule has 0 aliphatic carbocycles. The highest BCUT2D eigenvalue weighted by atomic mass is 19.1. The number of H-pyrrole nitrogens is 2. The summed E-state index contributed by atoms with van der Waals surface area (Å²) in [7, 11) is 3.02. The maximum absolute atomic E-state index is 13.5. The zero-order valence-electron chi connectivity index (χ0n) is 21.3. The first-order chi connectivity index (χ1) is 19.5. The number of halogens is 1. The topological polar surface area (TPSA) is 166 Å². The first-order valence-corrected chi connectivity index (χ1v) is 12.4. The van der Waals surface area contributed by atoms with Gasteiger partial charge in [0.05, 0.1) is 35.5 Å². The third kappa shape index (κ3) is 4.15. The van der Waals surface area contributed by atoms with Crippen LogP contribution in [0, 0.1) is 5.82 Å². The number of nitrogens with one attached hydrogen (secondary N) is 3. The van der Waals surface area contributed by atoms with E-state index in [4.69, 9.17) is 13.7 Å². The van der Waals surface area contributed by atoms with Crippen molar-refractivity contribution in [2.75, 3.05) is 7.11 Å². The number of pyridine rings is 1. The fraction of sp³-hybridized carbons (Fsp3) is 0.259. The molecule has 1 aliphatic rings. The highest BCUT2D eigenvalue weighted by Gasteiger charge is 2.53. The Morgan fingerprint density at radius 3 is 2.78 bits per heavy atom. The maximum Gasteiger partial charge on any atom is 0.436 e. The SMILES string of the molecule is C.COCc1nc(C2(c3nn(C)c(=O)o3)N[C@@H](c3ncc(-c4ccc(F)cn4)[nH]3)Cc3c2[nH]c2ccccc32)no1. The summed E-state index contributed by atoms with van der Waals surface area (Å²) in [5.74, 6) is -0.0852. The molecule has 0 bridgehead atoms. The van der Waals surface area contributed by atoms with Gasteiger partial charge in [-0.15, -0.1) is 5.10 Å². The van der Waals surface area contributed by atoms with Crippen molar-refractivity contribution in [3.63, 3.8) is 0 Å². The van der Waals surface area contributed by atoms with Crippen LogP contribution in [0.2, 0.25) is 0 Å². The van der Waals surface area contributed by atoms with Crippen LogP contribution in [0.25, 0.3) is 22.3 Å². The Bertz CT molecular complexity index is 1900. The first-order valence-electron chi connectivity index (χ1n) is 12.4. The number of hydrogen-bond donors (Lipinski definition) is 3. The summed E-state index contributed by atoms with van der Waals surface area (Å²) in [6.45, 7) is 0.0877. The summed E-state index contributed by atoms with van der Waals surface area (Å²) in [5, 5.41) is 13.2. The smallest absolute Gasteiger partial charge is 0.389 e. The Morgan fingerprint density at radius 2 is 2.02 bits per heavy atom. The average Bonchev–Trinajstić information content (AvgIpc) is 3.76. The molecule has 0 fully saturated rings. The molecule has 3 N–H and O–H groups in total. The van der Waals surface area contributed by atoms with Gasteiger partial charge in [-0.25, -0.2) is 14.2 Å². The minimum Gasteiger partial charge on any atom is -0.389 e. The predicted molar refractivity (Wildman–Crippen MR) is 143 cm³/mol. The monoisotopic (exact) mass is 559 g/mol. The molecule has 0 amide bonds. The molecule has 13 nitrogen and oxygen atoms in total. The Kier molecular flexibility index (Phi) is 6.35. The third-order valence-electron chi connectivity index (χ3n) is 7.00. The lowest BCUT2D eigenvalue weighted by atomic mass is 9.82. The van der Waals surface area contributed by atoms with E-state index in [9.17, 15) is 9.18 Å². The fourth-order valence-corrected chi connectivity index (χ4v) is 5.19. The van der Waals surface area contributed by atoms with Crippen LogP contribution < -0.4 is 11.1 Å². The number of methoxy groups -OCH3 is 1. The van der Waals surface area contributed by atoms with E-state index >= 15 is 0 Å². The van der Waals surface area contributed by atoms with E-state index in [0.29, 0.717) is 29.3 Å². The standard InChI is InChI=1S/C26H22FN9O4.CH4/c1-36-25(37)39-24(34-36)26(23-32-20(12-38-2)40-35-23)21-15(14-5-3-4-6-16(14)30-21)9-18(33-26)22-29-11-19(31-22)17-8-7-13(27)10-28-17;/h3-8,10-11,18,30,33H,9,12H2,1-2H3,(H,29,31);1H4/t18-,26?;/m1./s1. The quantitative estimate of drug-likeness (QED) is 0.276. The molecule has 2 atom stereocenters. The Hall–Kier alpha value is -4.95. The number of aromatic amines is 2. The van der Waals surface area contributed by atoms with Crippen LogP contribution in [-0.4, -0.2) is 47.0 Å². The highest BCUT2D eigenvalue weighted by molar-refractivity contribution is 5.86. The van der Waals surface area contributed by atoms with Gasteiger partial charge in [0.2, 0.25) is 11.4 Å². The molecule has 1 aliphatic heterocycles. The number of benzene rings is 1. The molecule has 0 saturated heterocycles. The molecule has 6 aromatic rings. The molecule has 1 aromatic carbocycles. The van der Waals surface area contributed by atoms with Crippen molar-refractivity contribution in [1.29, 1.82) is 0 Å². The molecular weight excluding hydrogens is 533 g/mol. The van der Waals surface area contributed by atoms with Gasteiger partial charge in [0.15, 0.2) is 0 Å². The second kappa shape index (κ2) is 9.91. The molecule has 210 valence electrons. The minimum atomic E-state index is -1.46. The van der Waals surface area contributed by atoms with Gasteiger partial charge in [0, 0.05) is 25.1 Å². The van der Waals surface area contributed by atoms with E-state index in [-0.39, 0.29) is 31.6 Å². The summed E-state index contributed by atoms with van der Waals surface area (Å²) in [5.41, 5.74) is 2.14. The third-order valence-corrected chi connectivity index (χ3v) is 7.00. The predicted octanol–water partition coefficient (Wildman–Crippen LogP) is 3.12. The van der Waals surface area contributed by atoms with E-state index < -0.39 is 23.2 Å². The highest BCUT2D eigenvalue weighted by Crippen LogP contribution is 2.45. The molecule has 1 unspecified atom stereocenters. The molecular formula is C27H26FN9O4. The van der Waals surface area contributed by atoms with Crippen LogP contribution >= 0.6 is 0 Å². The average molecular weight is 560 g/mol. The zero-order valence-corrected chi connectivity index (χ0v) is 21.3. The summed E-state index contributed by atoms with van der Waals surface area (Å²) in [6, 6.07) is 10.3. The molecule has 14 heteroatoms. The van der Waals surface area contributed by atoms with Gasteiger partial charge in [0.25, 0.3) is 11.8 Å². The van der Waals surface area contributed by atoms with Crippen molar-refractivity contribution >= 4 is 10.9 Å². The molecule has 41 heavy (non-hydrogen) atoms. The number of aryl methyl sites for hydroxylation is 1. The minimum absolute atomic E-state index is 0. The Morgan fingerprint density at radius 1 is 1.17 bits per heavy atom. The second-order valence-electron chi connectivity index (χ2n) is 9.46. The number of hydrogen-bond acceptors (Lipinski definition) is 10. The molecule has 7 rings (SSSR count). The number of ether oxygens (including phenoxy) is 1. The Balaban J connectivity index is 0.00000302.